The highest BCUT2D eigenvalue weighted by Crippen LogP contribution is 2.25. The molecule has 2 rings (SSSR count). The van der Waals surface area contributed by atoms with Gasteiger partial charge in [0.05, 0.1) is 17.2 Å². The first-order valence-corrected chi connectivity index (χ1v) is 7.63. The number of nitrogen functional groups attached to an aromatic ring is 2. The van der Waals surface area contributed by atoms with Gasteiger partial charge in [-0.2, -0.15) is 0 Å². The van der Waals surface area contributed by atoms with E-state index in [1.54, 1.807) is 13.8 Å². The third-order valence-electron chi connectivity index (χ3n) is 3.58. The third-order valence-corrected chi connectivity index (χ3v) is 3.58. The van der Waals surface area contributed by atoms with Crippen LogP contribution in [0.4, 0.5) is 16.3 Å². The molecule has 132 valence electrons. The Kier molecular flexibility index (Phi) is 5.23. The second-order valence-electron chi connectivity index (χ2n) is 6.17. The van der Waals surface area contributed by atoms with Gasteiger partial charge in [-0.05, 0) is 19.4 Å². The SMILES string of the molecule is CC(C)(O)[C@@H](NC(=O)Nc1cc(N)c(C(=N)N)cn1)c1ccccc1. The molecule has 0 aliphatic heterocycles. The van der Waals surface area contributed by atoms with Crippen molar-refractivity contribution in [3.05, 3.63) is 53.7 Å². The van der Waals surface area contributed by atoms with E-state index in [0.717, 1.165) is 5.56 Å². The van der Waals surface area contributed by atoms with Crippen molar-refractivity contribution >= 4 is 23.4 Å². The number of urea groups is 1. The number of amides is 2. The second kappa shape index (κ2) is 7.18. The number of nitrogens with two attached hydrogens (primary N) is 2. The van der Waals surface area contributed by atoms with E-state index in [1.165, 1.54) is 12.3 Å². The van der Waals surface area contributed by atoms with Crippen LogP contribution in [0.1, 0.15) is 31.0 Å². The monoisotopic (exact) mass is 342 g/mol. The molecule has 1 heterocycles. The maximum absolute atomic E-state index is 12.3. The van der Waals surface area contributed by atoms with Gasteiger partial charge in [-0.25, -0.2) is 9.78 Å². The molecule has 0 radical (unpaired) electrons. The van der Waals surface area contributed by atoms with Crippen LogP contribution >= 0.6 is 0 Å². The van der Waals surface area contributed by atoms with Gasteiger partial charge in [-0.1, -0.05) is 30.3 Å². The van der Waals surface area contributed by atoms with E-state index in [2.05, 4.69) is 15.6 Å². The molecule has 0 aliphatic carbocycles. The number of nitrogens with zero attached hydrogens (tertiary/aromatic N) is 1. The molecule has 0 bridgehead atoms. The molecular weight excluding hydrogens is 320 g/mol. The average molecular weight is 342 g/mol. The molecule has 2 aromatic rings. The van der Waals surface area contributed by atoms with Crippen LogP contribution in [0.2, 0.25) is 0 Å². The van der Waals surface area contributed by atoms with Gasteiger partial charge in [0.1, 0.15) is 11.7 Å². The topological polar surface area (TPSA) is 150 Å². The molecule has 1 aromatic carbocycles. The Hall–Kier alpha value is -3.13. The maximum atomic E-state index is 12.3. The number of rotatable bonds is 5. The summed E-state index contributed by atoms with van der Waals surface area (Å²) in [4.78, 5) is 16.3. The van der Waals surface area contributed by atoms with Crippen LogP contribution in [0.25, 0.3) is 0 Å². The molecular formula is C17H22N6O2. The number of aliphatic hydroxyl groups is 1. The van der Waals surface area contributed by atoms with Crippen LogP contribution in [0, 0.1) is 5.41 Å². The van der Waals surface area contributed by atoms with Crippen molar-refractivity contribution in [2.24, 2.45) is 5.73 Å². The van der Waals surface area contributed by atoms with E-state index in [0.29, 0.717) is 5.56 Å². The van der Waals surface area contributed by atoms with E-state index < -0.39 is 17.7 Å². The van der Waals surface area contributed by atoms with E-state index >= 15 is 0 Å². The molecule has 8 nitrogen and oxygen atoms in total. The zero-order chi connectivity index (χ0) is 18.6. The van der Waals surface area contributed by atoms with E-state index in [9.17, 15) is 9.90 Å². The van der Waals surface area contributed by atoms with Crippen molar-refractivity contribution in [2.75, 3.05) is 11.1 Å². The van der Waals surface area contributed by atoms with Crippen LogP contribution in [0.15, 0.2) is 42.6 Å². The van der Waals surface area contributed by atoms with Gasteiger partial charge in [0.25, 0.3) is 0 Å². The lowest BCUT2D eigenvalue weighted by atomic mass is 9.92. The van der Waals surface area contributed by atoms with Crippen molar-refractivity contribution in [1.82, 2.24) is 10.3 Å². The normalized spacial score (nSPS) is 12.3. The standard InChI is InChI=1S/C17H22N6O2/c1-17(2,25)14(10-6-4-3-5-7-10)23-16(24)22-13-8-12(18)11(9-21-13)15(19)20/h3-9,14,25H,1-2H3,(H3,19,20)(H4,18,21,22,23,24)/t14-/m0/s1. The predicted octanol–water partition coefficient (Wildman–Crippen LogP) is 1.58. The molecule has 0 saturated heterocycles. The molecule has 25 heavy (non-hydrogen) atoms. The Morgan fingerprint density at radius 3 is 2.48 bits per heavy atom. The summed E-state index contributed by atoms with van der Waals surface area (Å²) in [6.45, 7) is 3.23. The third kappa shape index (κ3) is 4.67. The molecule has 8 N–H and O–H groups in total. The fraction of sp³-hybridized carbons (Fsp3) is 0.235. The van der Waals surface area contributed by atoms with Gasteiger partial charge >= 0.3 is 6.03 Å². The Labute approximate surface area is 145 Å². The second-order valence-corrected chi connectivity index (χ2v) is 6.17. The van der Waals surface area contributed by atoms with Crippen molar-refractivity contribution in [1.29, 1.82) is 5.41 Å². The summed E-state index contributed by atoms with van der Waals surface area (Å²) in [5.74, 6) is 0.00901. The summed E-state index contributed by atoms with van der Waals surface area (Å²) in [6, 6.07) is 9.40. The summed E-state index contributed by atoms with van der Waals surface area (Å²) in [7, 11) is 0. The number of amidine groups is 1. The molecule has 8 heteroatoms. The number of pyridine rings is 1. The Morgan fingerprint density at radius 1 is 1.32 bits per heavy atom. The molecule has 1 aromatic heterocycles. The van der Waals surface area contributed by atoms with Crippen molar-refractivity contribution in [3.63, 3.8) is 0 Å². The van der Waals surface area contributed by atoms with E-state index in [1.807, 2.05) is 30.3 Å². The number of hydrogen-bond acceptors (Lipinski definition) is 5. The Bertz CT molecular complexity index is 770. The maximum Gasteiger partial charge on any atom is 0.320 e. The minimum atomic E-state index is -1.18. The first kappa shape index (κ1) is 18.2. The van der Waals surface area contributed by atoms with Gasteiger partial charge in [-0.3, -0.25) is 10.7 Å². The number of carbonyl (C=O) groups is 1. The van der Waals surface area contributed by atoms with Gasteiger partial charge < -0.3 is 21.9 Å². The quantitative estimate of drug-likeness (QED) is 0.360. The van der Waals surface area contributed by atoms with Gasteiger partial charge in [0, 0.05) is 18.0 Å². The fourth-order valence-corrected chi connectivity index (χ4v) is 2.36. The van der Waals surface area contributed by atoms with Crippen molar-refractivity contribution in [3.8, 4) is 0 Å². The number of nitrogens with one attached hydrogen (secondary N) is 3. The number of benzene rings is 1. The van der Waals surface area contributed by atoms with Crippen molar-refractivity contribution in [2.45, 2.75) is 25.5 Å². The van der Waals surface area contributed by atoms with Crippen LogP contribution < -0.4 is 22.1 Å². The lowest BCUT2D eigenvalue weighted by Gasteiger charge is -2.30. The average Bonchev–Trinajstić information content (AvgIpc) is 2.52. The molecule has 0 unspecified atom stereocenters. The van der Waals surface area contributed by atoms with Crippen LogP contribution in [-0.2, 0) is 0 Å². The first-order valence-electron chi connectivity index (χ1n) is 7.63. The molecule has 1 atom stereocenters. The molecule has 0 saturated carbocycles. The number of hydrogen-bond donors (Lipinski definition) is 6. The van der Waals surface area contributed by atoms with E-state index in [-0.39, 0.29) is 17.3 Å². The lowest BCUT2D eigenvalue weighted by molar-refractivity contribution is 0.0415. The number of anilines is 2. The predicted molar refractivity (Wildman–Crippen MR) is 97.3 cm³/mol. The molecule has 2 amide bonds. The summed E-state index contributed by atoms with van der Waals surface area (Å²) in [5.41, 5.74) is 11.3. The van der Waals surface area contributed by atoms with E-state index in [4.69, 9.17) is 16.9 Å². The zero-order valence-corrected chi connectivity index (χ0v) is 14.1. The van der Waals surface area contributed by atoms with Gasteiger partial charge in [0.15, 0.2) is 0 Å². The van der Waals surface area contributed by atoms with Crippen LogP contribution in [-0.4, -0.2) is 27.6 Å². The highest BCUT2D eigenvalue weighted by molar-refractivity contribution is 6.00. The highest BCUT2D eigenvalue weighted by Gasteiger charge is 2.29. The molecule has 0 spiro atoms. The Morgan fingerprint density at radius 2 is 1.96 bits per heavy atom. The van der Waals surface area contributed by atoms with Crippen LogP contribution in [0.5, 0.6) is 0 Å². The molecule has 0 fully saturated rings. The van der Waals surface area contributed by atoms with Crippen molar-refractivity contribution < 1.29 is 9.90 Å². The van der Waals surface area contributed by atoms with Gasteiger partial charge in [0.2, 0.25) is 0 Å². The Balaban J connectivity index is 2.14. The first-order chi connectivity index (χ1) is 11.7. The van der Waals surface area contributed by atoms with Gasteiger partial charge in [-0.15, -0.1) is 0 Å². The fourth-order valence-electron chi connectivity index (χ4n) is 2.36. The summed E-state index contributed by atoms with van der Waals surface area (Å²) < 4.78 is 0. The smallest absolute Gasteiger partial charge is 0.320 e. The zero-order valence-electron chi connectivity index (χ0n) is 14.1. The summed E-state index contributed by atoms with van der Waals surface area (Å²) in [5, 5.41) is 23.0. The summed E-state index contributed by atoms with van der Waals surface area (Å²) in [6.07, 6.45) is 1.32. The largest absolute Gasteiger partial charge is 0.398 e. The number of aromatic nitrogens is 1. The minimum Gasteiger partial charge on any atom is -0.398 e. The lowest BCUT2D eigenvalue weighted by Crippen LogP contribution is -2.43. The summed E-state index contributed by atoms with van der Waals surface area (Å²) >= 11 is 0. The minimum absolute atomic E-state index is 0.202. The highest BCUT2D eigenvalue weighted by atomic mass is 16.3. The molecule has 0 aliphatic rings. The van der Waals surface area contributed by atoms with Crippen LogP contribution in [0.3, 0.4) is 0 Å². The number of carbonyl (C=O) groups excluding carboxylic acids is 1.